The molecule has 0 bridgehead atoms. The van der Waals surface area contributed by atoms with Gasteiger partial charge in [-0.15, -0.1) is 0 Å². The summed E-state index contributed by atoms with van der Waals surface area (Å²) in [7, 11) is 0. The second-order valence-corrected chi connectivity index (χ2v) is 5.97. The highest BCUT2D eigenvalue weighted by atomic mass is 35.5. The average molecular weight is 373 g/mol. The lowest BCUT2D eigenvalue weighted by Crippen LogP contribution is -2.14. The molecule has 0 spiro atoms. The van der Waals surface area contributed by atoms with Crippen LogP contribution in [0.1, 0.15) is 11.3 Å². The first-order valence-electron chi connectivity index (χ1n) is 7.48. The maximum atomic E-state index is 12.1. The molecule has 2 aromatic heterocycles. The predicted molar refractivity (Wildman–Crippen MR) is 99.7 cm³/mol. The molecule has 0 saturated carbocycles. The summed E-state index contributed by atoms with van der Waals surface area (Å²) in [6, 6.07) is 12.5. The van der Waals surface area contributed by atoms with E-state index in [1.54, 1.807) is 47.4 Å². The molecule has 0 aliphatic rings. The van der Waals surface area contributed by atoms with Gasteiger partial charge in [0.25, 0.3) is 0 Å². The van der Waals surface area contributed by atoms with Gasteiger partial charge in [0.2, 0.25) is 5.91 Å². The van der Waals surface area contributed by atoms with Crippen LogP contribution in [0.2, 0.25) is 10.0 Å². The van der Waals surface area contributed by atoms with Crippen molar-refractivity contribution in [2.45, 2.75) is 6.54 Å². The van der Waals surface area contributed by atoms with Gasteiger partial charge < -0.3 is 5.32 Å². The molecule has 1 amide bonds. The number of amides is 1. The quantitative estimate of drug-likeness (QED) is 0.679. The van der Waals surface area contributed by atoms with Crippen LogP contribution in [-0.4, -0.2) is 20.7 Å². The lowest BCUT2D eigenvalue weighted by molar-refractivity contribution is -0.111. The molecule has 0 radical (unpaired) electrons. The van der Waals surface area contributed by atoms with Gasteiger partial charge in [-0.2, -0.15) is 5.10 Å². The van der Waals surface area contributed by atoms with Crippen LogP contribution in [0.5, 0.6) is 0 Å². The van der Waals surface area contributed by atoms with Crippen LogP contribution in [0.4, 0.5) is 5.82 Å². The number of hydrogen-bond donors (Lipinski definition) is 1. The maximum absolute atomic E-state index is 12.1. The summed E-state index contributed by atoms with van der Waals surface area (Å²) >= 11 is 12.4. The van der Waals surface area contributed by atoms with Crippen molar-refractivity contribution < 1.29 is 4.79 Å². The Morgan fingerprint density at radius 3 is 2.60 bits per heavy atom. The molecule has 25 heavy (non-hydrogen) atoms. The van der Waals surface area contributed by atoms with Crippen molar-refractivity contribution in [3.63, 3.8) is 0 Å². The van der Waals surface area contributed by atoms with Gasteiger partial charge in [-0.25, -0.2) is 4.68 Å². The highest BCUT2D eigenvalue weighted by Gasteiger charge is 2.10. The van der Waals surface area contributed by atoms with Crippen LogP contribution in [0.15, 0.2) is 60.9 Å². The summed E-state index contributed by atoms with van der Waals surface area (Å²) in [6.07, 6.45) is 6.33. The molecule has 1 aromatic carbocycles. The minimum atomic E-state index is -0.280. The van der Waals surface area contributed by atoms with Gasteiger partial charge >= 0.3 is 0 Å². The van der Waals surface area contributed by atoms with Crippen LogP contribution < -0.4 is 5.32 Å². The smallest absolute Gasteiger partial charge is 0.249 e. The number of anilines is 1. The van der Waals surface area contributed by atoms with E-state index >= 15 is 0 Å². The SMILES string of the molecule is O=C(/C=C/c1ccccn1)Nc1ccnn1Cc1c(Cl)cccc1Cl. The third-order valence-electron chi connectivity index (χ3n) is 3.43. The summed E-state index contributed by atoms with van der Waals surface area (Å²) in [5.74, 6) is 0.268. The molecule has 0 atom stereocenters. The zero-order valence-corrected chi connectivity index (χ0v) is 14.6. The van der Waals surface area contributed by atoms with E-state index in [2.05, 4.69) is 15.4 Å². The Hall–Kier alpha value is -2.63. The van der Waals surface area contributed by atoms with E-state index in [1.165, 1.54) is 6.08 Å². The van der Waals surface area contributed by atoms with Crippen LogP contribution in [0.3, 0.4) is 0 Å². The molecule has 0 saturated heterocycles. The Morgan fingerprint density at radius 1 is 1.08 bits per heavy atom. The Kier molecular flexibility index (Phi) is 5.48. The van der Waals surface area contributed by atoms with Gasteiger partial charge in [-0.05, 0) is 30.3 Å². The van der Waals surface area contributed by atoms with Gasteiger partial charge in [0.15, 0.2) is 0 Å². The monoisotopic (exact) mass is 372 g/mol. The van der Waals surface area contributed by atoms with Crippen molar-refractivity contribution in [3.8, 4) is 0 Å². The number of nitrogens with zero attached hydrogens (tertiary/aromatic N) is 3. The highest BCUT2D eigenvalue weighted by Crippen LogP contribution is 2.25. The molecule has 3 aromatic rings. The number of hydrogen-bond acceptors (Lipinski definition) is 3. The number of carbonyl (C=O) groups is 1. The zero-order valence-electron chi connectivity index (χ0n) is 13.1. The molecule has 126 valence electrons. The highest BCUT2D eigenvalue weighted by molar-refractivity contribution is 6.36. The number of aromatic nitrogens is 3. The van der Waals surface area contributed by atoms with Crippen molar-refractivity contribution in [2.24, 2.45) is 0 Å². The molecule has 3 rings (SSSR count). The summed E-state index contributed by atoms with van der Waals surface area (Å²) < 4.78 is 1.62. The summed E-state index contributed by atoms with van der Waals surface area (Å²) in [4.78, 5) is 16.2. The topological polar surface area (TPSA) is 59.8 Å². The summed E-state index contributed by atoms with van der Waals surface area (Å²) in [5, 5.41) is 8.10. The van der Waals surface area contributed by atoms with E-state index in [-0.39, 0.29) is 5.91 Å². The number of halogens is 2. The normalized spacial score (nSPS) is 11.0. The standard InChI is InChI=1S/C18H14Cl2N4O/c19-15-5-3-6-16(20)14(15)12-24-17(9-11-22-24)23-18(25)8-7-13-4-1-2-10-21-13/h1-11H,12H2,(H,23,25)/b8-7+. The van der Waals surface area contributed by atoms with E-state index in [1.807, 2.05) is 18.2 Å². The fourth-order valence-corrected chi connectivity index (χ4v) is 2.72. The molecule has 0 aliphatic heterocycles. The summed E-state index contributed by atoms with van der Waals surface area (Å²) in [6.45, 7) is 0.352. The third-order valence-corrected chi connectivity index (χ3v) is 4.14. The van der Waals surface area contributed by atoms with Gasteiger partial charge in [-0.3, -0.25) is 9.78 Å². The van der Waals surface area contributed by atoms with Crippen molar-refractivity contribution in [3.05, 3.63) is 82.2 Å². The van der Waals surface area contributed by atoms with Gasteiger partial charge in [0.05, 0.1) is 18.4 Å². The van der Waals surface area contributed by atoms with Crippen molar-refractivity contribution >= 4 is 41.0 Å². The Bertz CT molecular complexity index is 886. The van der Waals surface area contributed by atoms with Crippen LogP contribution in [0, 0.1) is 0 Å². The number of carbonyl (C=O) groups excluding carboxylic acids is 1. The predicted octanol–water partition coefficient (Wildman–Crippen LogP) is 4.29. The zero-order chi connectivity index (χ0) is 17.6. The molecule has 2 heterocycles. The van der Waals surface area contributed by atoms with Gasteiger partial charge in [-0.1, -0.05) is 35.3 Å². The fraction of sp³-hybridized carbons (Fsp3) is 0.0556. The first-order chi connectivity index (χ1) is 12.1. The van der Waals surface area contributed by atoms with E-state index in [9.17, 15) is 4.79 Å². The van der Waals surface area contributed by atoms with Gasteiger partial charge in [0.1, 0.15) is 5.82 Å². The summed E-state index contributed by atoms with van der Waals surface area (Å²) in [5.41, 5.74) is 1.45. The van der Waals surface area contributed by atoms with E-state index in [4.69, 9.17) is 23.2 Å². The Labute approximate surface area is 154 Å². The van der Waals surface area contributed by atoms with Crippen molar-refractivity contribution in [1.82, 2.24) is 14.8 Å². The fourth-order valence-electron chi connectivity index (χ4n) is 2.20. The maximum Gasteiger partial charge on any atom is 0.249 e. The molecule has 0 unspecified atom stereocenters. The number of rotatable bonds is 5. The van der Waals surface area contributed by atoms with Crippen LogP contribution >= 0.6 is 23.2 Å². The van der Waals surface area contributed by atoms with Crippen molar-refractivity contribution in [1.29, 1.82) is 0 Å². The molecule has 7 heteroatoms. The minimum Gasteiger partial charge on any atom is -0.307 e. The molecule has 0 fully saturated rings. The molecule has 5 nitrogen and oxygen atoms in total. The Balaban J connectivity index is 1.72. The minimum absolute atomic E-state index is 0.280. The Morgan fingerprint density at radius 2 is 1.88 bits per heavy atom. The molecule has 0 aliphatic carbocycles. The van der Waals surface area contributed by atoms with E-state index < -0.39 is 0 Å². The third kappa shape index (κ3) is 4.47. The van der Waals surface area contributed by atoms with Gasteiger partial charge in [0, 0.05) is 33.9 Å². The lowest BCUT2D eigenvalue weighted by Gasteiger charge is -2.10. The van der Waals surface area contributed by atoms with Crippen LogP contribution in [0.25, 0.3) is 6.08 Å². The largest absolute Gasteiger partial charge is 0.307 e. The van der Waals surface area contributed by atoms with E-state index in [0.717, 1.165) is 5.56 Å². The lowest BCUT2D eigenvalue weighted by atomic mass is 10.2. The van der Waals surface area contributed by atoms with E-state index in [0.29, 0.717) is 28.1 Å². The second kappa shape index (κ2) is 7.96. The average Bonchev–Trinajstić information content (AvgIpc) is 3.04. The number of nitrogens with one attached hydrogen (secondary N) is 1. The molecular weight excluding hydrogens is 359 g/mol. The number of pyridine rings is 1. The van der Waals surface area contributed by atoms with Crippen LogP contribution in [-0.2, 0) is 11.3 Å². The molecule has 1 N–H and O–H groups in total. The van der Waals surface area contributed by atoms with Crippen molar-refractivity contribution in [2.75, 3.05) is 5.32 Å². The first-order valence-corrected chi connectivity index (χ1v) is 8.24. The number of benzene rings is 1. The molecular formula is C18H14Cl2N4O. The first kappa shape index (κ1) is 17.2. The second-order valence-electron chi connectivity index (χ2n) is 5.15.